The first-order valence-electron chi connectivity index (χ1n) is 6.05. The fraction of sp³-hybridized carbons (Fsp3) is 0.538. The molecule has 4 heteroatoms. The second-order valence-corrected chi connectivity index (χ2v) is 15.2. The van der Waals surface area contributed by atoms with E-state index in [0.29, 0.717) is 0 Å². The predicted octanol–water partition coefficient (Wildman–Crippen LogP) is 4.42. The number of aryl methyl sites for hydroxylation is 1. The van der Waals surface area contributed by atoms with E-state index >= 15 is 0 Å². The summed E-state index contributed by atoms with van der Waals surface area (Å²) in [6.07, 6.45) is 0. The second-order valence-electron chi connectivity index (χ2n) is 6.38. The summed E-state index contributed by atoms with van der Waals surface area (Å²) in [4.78, 5) is 0. The van der Waals surface area contributed by atoms with E-state index in [1.807, 2.05) is 6.07 Å². The van der Waals surface area contributed by atoms with Crippen LogP contribution in [0.3, 0.4) is 0 Å². The molecular weight excluding hydrogens is 244 g/mol. The summed E-state index contributed by atoms with van der Waals surface area (Å²) < 4.78 is 12.2. The van der Waals surface area contributed by atoms with Crippen molar-refractivity contribution in [1.82, 2.24) is 0 Å². The van der Waals surface area contributed by atoms with Gasteiger partial charge in [-0.15, -0.1) is 0 Å². The van der Waals surface area contributed by atoms with Gasteiger partial charge in [-0.25, -0.2) is 0 Å². The maximum absolute atomic E-state index is 6.10. The van der Waals surface area contributed by atoms with Crippen LogP contribution in [-0.2, 0) is 0 Å². The van der Waals surface area contributed by atoms with Crippen molar-refractivity contribution in [2.24, 2.45) is 0 Å². The highest BCUT2D eigenvalue weighted by molar-refractivity contribution is 6.71. The largest absolute Gasteiger partial charge is 0.542 e. The number of hydrogen-bond donors (Lipinski definition) is 0. The SMILES string of the molecule is Cc1ccc(O[Si](C)(C)C)c(O[Si](C)(C)C)c1. The van der Waals surface area contributed by atoms with Gasteiger partial charge in [0.2, 0.25) is 16.6 Å². The molecule has 1 rings (SSSR count). The van der Waals surface area contributed by atoms with Gasteiger partial charge >= 0.3 is 0 Å². The van der Waals surface area contributed by atoms with Crippen molar-refractivity contribution in [2.45, 2.75) is 46.2 Å². The highest BCUT2D eigenvalue weighted by atomic mass is 28.4. The maximum atomic E-state index is 6.10. The summed E-state index contributed by atoms with van der Waals surface area (Å²) in [5.74, 6) is 1.81. The molecule has 0 aliphatic heterocycles. The number of rotatable bonds is 4. The molecule has 17 heavy (non-hydrogen) atoms. The van der Waals surface area contributed by atoms with E-state index in [2.05, 4.69) is 58.3 Å². The lowest BCUT2D eigenvalue weighted by Crippen LogP contribution is -2.32. The van der Waals surface area contributed by atoms with E-state index in [4.69, 9.17) is 8.85 Å². The molecule has 0 saturated carbocycles. The Hall–Kier alpha value is -0.746. The van der Waals surface area contributed by atoms with Crippen LogP contribution in [-0.4, -0.2) is 16.6 Å². The summed E-state index contributed by atoms with van der Waals surface area (Å²) in [6, 6.07) is 6.18. The molecule has 0 N–H and O–H groups in total. The average Bonchev–Trinajstić information content (AvgIpc) is 2.05. The standard InChI is InChI=1S/C13H24O2Si2/c1-11-8-9-12(14-16(2,3)4)13(10-11)15-17(5,6)7/h8-10H,1-7H3. The van der Waals surface area contributed by atoms with E-state index in [9.17, 15) is 0 Å². The Labute approximate surface area is 107 Å². The first-order valence-corrected chi connectivity index (χ1v) is 12.9. The van der Waals surface area contributed by atoms with Crippen molar-refractivity contribution in [3.8, 4) is 11.5 Å². The molecule has 0 saturated heterocycles. The molecule has 0 amide bonds. The lowest BCUT2D eigenvalue weighted by atomic mass is 10.2. The molecule has 2 nitrogen and oxygen atoms in total. The number of hydrogen-bond acceptors (Lipinski definition) is 2. The van der Waals surface area contributed by atoms with Crippen LogP contribution in [0.5, 0.6) is 11.5 Å². The second kappa shape index (κ2) is 4.86. The van der Waals surface area contributed by atoms with Crippen LogP contribution >= 0.6 is 0 Å². The number of benzene rings is 1. The van der Waals surface area contributed by atoms with Gasteiger partial charge in [-0.3, -0.25) is 0 Å². The van der Waals surface area contributed by atoms with Crippen molar-refractivity contribution in [2.75, 3.05) is 0 Å². The van der Waals surface area contributed by atoms with E-state index < -0.39 is 16.6 Å². The molecule has 0 radical (unpaired) electrons. The smallest absolute Gasteiger partial charge is 0.242 e. The van der Waals surface area contributed by atoms with Gasteiger partial charge in [0.1, 0.15) is 11.5 Å². The van der Waals surface area contributed by atoms with Crippen LogP contribution in [0.2, 0.25) is 39.3 Å². The molecule has 0 heterocycles. The van der Waals surface area contributed by atoms with Crippen LogP contribution in [0, 0.1) is 6.92 Å². The summed E-state index contributed by atoms with van der Waals surface area (Å²) in [5.41, 5.74) is 1.21. The minimum Gasteiger partial charge on any atom is -0.542 e. The molecule has 0 atom stereocenters. The average molecular weight is 269 g/mol. The minimum absolute atomic E-state index is 0.900. The minimum atomic E-state index is -1.59. The third-order valence-corrected chi connectivity index (χ3v) is 3.60. The normalized spacial score (nSPS) is 12.4. The lowest BCUT2D eigenvalue weighted by Gasteiger charge is -2.26. The Balaban J connectivity index is 3.04. The predicted molar refractivity (Wildman–Crippen MR) is 79.1 cm³/mol. The van der Waals surface area contributed by atoms with Gasteiger partial charge in [-0.2, -0.15) is 0 Å². The van der Waals surface area contributed by atoms with E-state index in [1.165, 1.54) is 5.56 Å². The fourth-order valence-electron chi connectivity index (χ4n) is 1.44. The van der Waals surface area contributed by atoms with Gasteiger partial charge in [-0.1, -0.05) is 6.07 Å². The molecule has 0 bridgehead atoms. The molecule has 0 aliphatic carbocycles. The Morgan fingerprint density at radius 3 is 1.71 bits per heavy atom. The highest BCUT2D eigenvalue weighted by Gasteiger charge is 2.22. The quantitative estimate of drug-likeness (QED) is 0.753. The highest BCUT2D eigenvalue weighted by Crippen LogP contribution is 2.32. The zero-order valence-corrected chi connectivity index (χ0v) is 14.0. The zero-order chi connectivity index (χ0) is 13.3. The molecule has 1 aromatic rings. The molecule has 0 fully saturated rings. The lowest BCUT2D eigenvalue weighted by molar-refractivity contribution is 0.488. The van der Waals surface area contributed by atoms with Crippen molar-refractivity contribution in [1.29, 1.82) is 0 Å². The third kappa shape index (κ3) is 5.41. The Morgan fingerprint density at radius 2 is 1.24 bits per heavy atom. The molecule has 0 unspecified atom stereocenters. The van der Waals surface area contributed by atoms with E-state index in [0.717, 1.165) is 11.5 Å². The van der Waals surface area contributed by atoms with Gasteiger partial charge in [0.25, 0.3) is 0 Å². The summed E-state index contributed by atoms with van der Waals surface area (Å²) in [7, 11) is -3.18. The van der Waals surface area contributed by atoms with Crippen LogP contribution < -0.4 is 8.85 Å². The van der Waals surface area contributed by atoms with E-state index in [-0.39, 0.29) is 0 Å². The summed E-state index contributed by atoms with van der Waals surface area (Å²) in [6.45, 7) is 15.2. The van der Waals surface area contributed by atoms with Crippen molar-refractivity contribution >= 4 is 16.6 Å². The summed E-state index contributed by atoms with van der Waals surface area (Å²) >= 11 is 0. The third-order valence-electron chi connectivity index (χ3n) is 1.93. The molecule has 0 aromatic heterocycles. The summed E-state index contributed by atoms with van der Waals surface area (Å²) in [5, 5.41) is 0. The molecule has 0 aliphatic rings. The Morgan fingerprint density at radius 1 is 0.765 bits per heavy atom. The first-order chi connectivity index (χ1) is 7.57. The molecular formula is C13H24O2Si2. The monoisotopic (exact) mass is 268 g/mol. The Kier molecular flexibility index (Phi) is 4.09. The Bertz CT molecular complexity index is 389. The molecule has 96 valence electrons. The maximum Gasteiger partial charge on any atom is 0.242 e. The van der Waals surface area contributed by atoms with Gasteiger partial charge in [0.15, 0.2) is 0 Å². The van der Waals surface area contributed by atoms with Crippen molar-refractivity contribution < 1.29 is 8.85 Å². The topological polar surface area (TPSA) is 18.5 Å². The van der Waals surface area contributed by atoms with Gasteiger partial charge < -0.3 is 8.85 Å². The molecule has 1 aromatic carbocycles. The van der Waals surface area contributed by atoms with Crippen molar-refractivity contribution in [3.63, 3.8) is 0 Å². The first kappa shape index (κ1) is 14.3. The van der Waals surface area contributed by atoms with Crippen LogP contribution in [0.25, 0.3) is 0 Å². The van der Waals surface area contributed by atoms with Crippen LogP contribution in [0.15, 0.2) is 18.2 Å². The van der Waals surface area contributed by atoms with Gasteiger partial charge in [-0.05, 0) is 63.9 Å². The molecule has 0 spiro atoms. The van der Waals surface area contributed by atoms with Crippen LogP contribution in [0.1, 0.15) is 5.56 Å². The van der Waals surface area contributed by atoms with Crippen molar-refractivity contribution in [3.05, 3.63) is 23.8 Å². The fourth-order valence-corrected chi connectivity index (χ4v) is 3.09. The zero-order valence-electron chi connectivity index (χ0n) is 12.0. The van der Waals surface area contributed by atoms with Crippen LogP contribution in [0.4, 0.5) is 0 Å². The van der Waals surface area contributed by atoms with Gasteiger partial charge in [0, 0.05) is 0 Å². The van der Waals surface area contributed by atoms with E-state index in [1.54, 1.807) is 0 Å². The van der Waals surface area contributed by atoms with Gasteiger partial charge in [0.05, 0.1) is 0 Å².